The number of likely N-dealkylation sites (N-methyl/N-ethyl adjacent to an activating group) is 1. The van der Waals surface area contributed by atoms with E-state index in [1.54, 1.807) is 34.6 Å². The van der Waals surface area contributed by atoms with Gasteiger partial charge in [0.1, 0.15) is 5.60 Å². The Morgan fingerprint density at radius 3 is 2.00 bits per heavy atom. The van der Waals surface area contributed by atoms with Gasteiger partial charge in [0.2, 0.25) is 0 Å². The lowest BCUT2D eigenvalue weighted by atomic mass is 10.0. The fraction of sp³-hybridized carbons (Fsp3) is 0.846. The van der Waals surface area contributed by atoms with Crippen LogP contribution in [0.15, 0.2) is 0 Å². The monoisotopic (exact) mass is 275 g/mol. The zero-order valence-electron chi connectivity index (χ0n) is 12.6. The largest absolute Gasteiger partial charge is 0.479 e. The maximum atomic E-state index is 12.1. The molecule has 6 nitrogen and oxygen atoms in total. The van der Waals surface area contributed by atoms with Crippen molar-refractivity contribution >= 4 is 12.1 Å². The van der Waals surface area contributed by atoms with Gasteiger partial charge in [-0.1, -0.05) is 0 Å². The number of amides is 1. The number of carbonyl (C=O) groups is 2. The van der Waals surface area contributed by atoms with E-state index in [1.807, 2.05) is 0 Å². The van der Waals surface area contributed by atoms with Gasteiger partial charge in [0, 0.05) is 13.2 Å². The maximum Gasteiger partial charge on any atom is 0.411 e. The highest BCUT2D eigenvalue weighted by Gasteiger charge is 2.43. The van der Waals surface area contributed by atoms with Gasteiger partial charge >= 0.3 is 12.1 Å². The summed E-state index contributed by atoms with van der Waals surface area (Å²) in [7, 11) is 0. The Labute approximate surface area is 114 Å². The Bertz CT molecular complexity index is 323. The number of carbonyl (C=O) groups excluding carboxylic acids is 1. The van der Waals surface area contributed by atoms with Crippen LogP contribution in [0, 0.1) is 0 Å². The Morgan fingerprint density at radius 2 is 1.68 bits per heavy atom. The van der Waals surface area contributed by atoms with Crippen molar-refractivity contribution in [1.82, 2.24) is 4.90 Å². The van der Waals surface area contributed by atoms with E-state index < -0.39 is 23.2 Å². The summed E-state index contributed by atoms with van der Waals surface area (Å²) in [5.74, 6) is -1.12. The van der Waals surface area contributed by atoms with Gasteiger partial charge in [-0.3, -0.25) is 4.90 Å². The molecule has 0 aromatic rings. The van der Waals surface area contributed by atoms with Crippen molar-refractivity contribution in [1.29, 1.82) is 0 Å². The standard InChI is InChI=1S/C13H25NO5/c1-7-14(11(17)19-12(3,4)5)13(6,10(15)16)9-18-8-2/h7-9H2,1-6H3,(H,15,16). The normalized spacial score (nSPS) is 14.6. The van der Waals surface area contributed by atoms with Gasteiger partial charge in [-0.15, -0.1) is 0 Å². The predicted octanol–water partition coefficient (Wildman–Crippen LogP) is 2.12. The molecule has 0 saturated heterocycles. The molecule has 0 aliphatic rings. The summed E-state index contributed by atoms with van der Waals surface area (Å²) in [5.41, 5.74) is -2.11. The molecule has 0 aliphatic heterocycles. The second-order valence-corrected chi connectivity index (χ2v) is 5.44. The molecule has 0 aromatic carbocycles. The smallest absolute Gasteiger partial charge is 0.411 e. The fourth-order valence-corrected chi connectivity index (χ4v) is 1.55. The first kappa shape index (κ1) is 17.7. The van der Waals surface area contributed by atoms with Crippen LogP contribution in [0.3, 0.4) is 0 Å². The number of ether oxygens (including phenoxy) is 2. The molecule has 0 rings (SSSR count). The molecule has 1 atom stereocenters. The second kappa shape index (κ2) is 6.75. The highest BCUT2D eigenvalue weighted by Crippen LogP contribution is 2.20. The lowest BCUT2D eigenvalue weighted by Gasteiger charge is -2.37. The van der Waals surface area contributed by atoms with Gasteiger partial charge in [0.15, 0.2) is 5.54 Å². The molecule has 1 N–H and O–H groups in total. The van der Waals surface area contributed by atoms with Crippen molar-refractivity contribution < 1.29 is 24.2 Å². The second-order valence-electron chi connectivity index (χ2n) is 5.44. The predicted molar refractivity (Wildman–Crippen MR) is 71.1 cm³/mol. The number of hydrogen-bond donors (Lipinski definition) is 1. The Balaban J connectivity index is 5.14. The molecule has 0 radical (unpaired) electrons. The minimum absolute atomic E-state index is 0.0775. The third-order valence-corrected chi connectivity index (χ3v) is 2.57. The molecule has 0 fully saturated rings. The Morgan fingerprint density at radius 1 is 1.16 bits per heavy atom. The molecule has 0 aliphatic carbocycles. The number of aliphatic carboxylic acids is 1. The van der Waals surface area contributed by atoms with Crippen molar-refractivity contribution in [3.8, 4) is 0 Å². The van der Waals surface area contributed by atoms with E-state index in [0.29, 0.717) is 6.61 Å². The molecule has 0 spiro atoms. The Kier molecular flexibility index (Phi) is 6.29. The summed E-state index contributed by atoms with van der Waals surface area (Å²) in [5, 5.41) is 9.38. The first-order valence-electron chi connectivity index (χ1n) is 6.40. The van der Waals surface area contributed by atoms with E-state index in [0.717, 1.165) is 0 Å². The first-order chi connectivity index (χ1) is 8.58. The van der Waals surface area contributed by atoms with Crippen LogP contribution >= 0.6 is 0 Å². The molecule has 0 aromatic heterocycles. The van der Waals surface area contributed by atoms with Gasteiger partial charge in [-0.05, 0) is 41.5 Å². The number of rotatable bonds is 6. The number of nitrogens with zero attached hydrogens (tertiary/aromatic N) is 1. The van der Waals surface area contributed by atoms with E-state index in [2.05, 4.69) is 0 Å². The summed E-state index contributed by atoms with van der Waals surface area (Å²) >= 11 is 0. The summed E-state index contributed by atoms with van der Waals surface area (Å²) in [6, 6.07) is 0. The SMILES string of the molecule is CCOCC(C)(C(=O)O)N(CC)C(=O)OC(C)(C)C. The zero-order chi connectivity index (χ0) is 15.3. The molecular formula is C13H25NO5. The van der Waals surface area contributed by atoms with E-state index in [-0.39, 0.29) is 13.2 Å². The summed E-state index contributed by atoms with van der Waals surface area (Å²) in [4.78, 5) is 24.7. The topological polar surface area (TPSA) is 76.1 Å². The number of carboxylic acid groups (broad SMARTS) is 1. The van der Waals surface area contributed by atoms with Crippen molar-refractivity contribution in [2.24, 2.45) is 0 Å². The third-order valence-electron chi connectivity index (χ3n) is 2.57. The molecule has 19 heavy (non-hydrogen) atoms. The van der Waals surface area contributed by atoms with E-state index in [9.17, 15) is 14.7 Å². The van der Waals surface area contributed by atoms with Crippen LogP contribution in [0.25, 0.3) is 0 Å². The van der Waals surface area contributed by atoms with Crippen LogP contribution in [-0.4, -0.2) is 53.0 Å². The summed E-state index contributed by atoms with van der Waals surface area (Å²) < 4.78 is 10.4. The highest BCUT2D eigenvalue weighted by molar-refractivity contribution is 5.84. The van der Waals surface area contributed by atoms with Crippen molar-refractivity contribution in [3.63, 3.8) is 0 Å². The highest BCUT2D eigenvalue weighted by atomic mass is 16.6. The molecule has 1 amide bonds. The van der Waals surface area contributed by atoms with Crippen LogP contribution in [0.1, 0.15) is 41.5 Å². The van der Waals surface area contributed by atoms with Crippen LogP contribution in [-0.2, 0) is 14.3 Å². The van der Waals surface area contributed by atoms with Gasteiger partial charge in [0.25, 0.3) is 0 Å². The van der Waals surface area contributed by atoms with Crippen LogP contribution < -0.4 is 0 Å². The molecule has 6 heteroatoms. The van der Waals surface area contributed by atoms with Crippen LogP contribution in [0.5, 0.6) is 0 Å². The molecule has 0 heterocycles. The van der Waals surface area contributed by atoms with Crippen molar-refractivity contribution in [3.05, 3.63) is 0 Å². The molecule has 0 bridgehead atoms. The minimum atomic E-state index is -1.44. The van der Waals surface area contributed by atoms with E-state index in [1.165, 1.54) is 11.8 Å². The van der Waals surface area contributed by atoms with Crippen LogP contribution in [0.4, 0.5) is 4.79 Å². The summed E-state index contributed by atoms with van der Waals surface area (Å²) in [6.07, 6.45) is -0.653. The van der Waals surface area contributed by atoms with Gasteiger partial charge in [0.05, 0.1) is 6.61 Å². The lowest BCUT2D eigenvalue weighted by Crippen LogP contribution is -2.58. The maximum absolute atomic E-state index is 12.1. The molecule has 112 valence electrons. The van der Waals surface area contributed by atoms with Crippen LogP contribution in [0.2, 0.25) is 0 Å². The number of carboxylic acids is 1. The molecule has 0 saturated carbocycles. The van der Waals surface area contributed by atoms with E-state index >= 15 is 0 Å². The average molecular weight is 275 g/mol. The fourth-order valence-electron chi connectivity index (χ4n) is 1.55. The minimum Gasteiger partial charge on any atom is -0.479 e. The lowest BCUT2D eigenvalue weighted by molar-refractivity contribution is -0.154. The van der Waals surface area contributed by atoms with Gasteiger partial charge in [-0.2, -0.15) is 0 Å². The quantitative estimate of drug-likeness (QED) is 0.803. The first-order valence-corrected chi connectivity index (χ1v) is 6.40. The number of hydrogen-bond acceptors (Lipinski definition) is 4. The van der Waals surface area contributed by atoms with Crippen molar-refractivity contribution in [2.45, 2.75) is 52.7 Å². The molecule has 1 unspecified atom stereocenters. The van der Waals surface area contributed by atoms with Gasteiger partial charge in [-0.25, -0.2) is 9.59 Å². The zero-order valence-corrected chi connectivity index (χ0v) is 12.6. The molecular weight excluding hydrogens is 250 g/mol. The third kappa shape index (κ3) is 5.06. The van der Waals surface area contributed by atoms with E-state index in [4.69, 9.17) is 9.47 Å². The van der Waals surface area contributed by atoms with Crippen molar-refractivity contribution in [2.75, 3.05) is 19.8 Å². The van der Waals surface area contributed by atoms with Gasteiger partial charge < -0.3 is 14.6 Å². The average Bonchev–Trinajstić information content (AvgIpc) is 2.24. The Hall–Kier alpha value is -1.30. The summed E-state index contributed by atoms with van der Waals surface area (Å²) in [6.45, 7) is 10.7.